The molecule has 1 aromatic heterocycles. The van der Waals surface area contributed by atoms with Gasteiger partial charge in [0.15, 0.2) is 5.82 Å². The van der Waals surface area contributed by atoms with Crippen LogP contribution in [0.2, 0.25) is 0 Å². The summed E-state index contributed by atoms with van der Waals surface area (Å²) in [5.41, 5.74) is 5.07. The van der Waals surface area contributed by atoms with Gasteiger partial charge < -0.3 is 5.32 Å². The third-order valence-electron chi connectivity index (χ3n) is 3.96. The molecule has 100 valence electrons. The zero-order valence-electron chi connectivity index (χ0n) is 11.6. The molecule has 0 fully saturated rings. The first-order valence-corrected chi connectivity index (χ1v) is 6.76. The van der Waals surface area contributed by atoms with Gasteiger partial charge in [0.05, 0.1) is 5.69 Å². The van der Waals surface area contributed by atoms with Crippen LogP contribution >= 0.6 is 0 Å². The van der Waals surface area contributed by atoms with Crippen LogP contribution in [0.1, 0.15) is 27.9 Å². The minimum Gasteiger partial charge on any atom is -0.364 e. The van der Waals surface area contributed by atoms with Gasteiger partial charge in [-0.2, -0.15) is 10.4 Å². The number of benzene rings is 1. The lowest BCUT2D eigenvalue weighted by Gasteiger charge is -2.14. The van der Waals surface area contributed by atoms with E-state index >= 15 is 0 Å². The van der Waals surface area contributed by atoms with Crippen molar-refractivity contribution in [3.8, 4) is 6.07 Å². The summed E-state index contributed by atoms with van der Waals surface area (Å²) in [6, 6.07) is 11.0. The monoisotopic (exact) mass is 264 g/mol. The van der Waals surface area contributed by atoms with Gasteiger partial charge in [0.1, 0.15) is 11.6 Å². The van der Waals surface area contributed by atoms with Gasteiger partial charge in [-0.25, -0.2) is 0 Å². The Morgan fingerprint density at radius 1 is 1.15 bits per heavy atom. The van der Waals surface area contributed by atoms with Crippen LogP contribution < -0.4 is 5.32 Å². The van der Waals surface area contributed by atoms with Gasteiger partial charge in [0, 0.05) is 6.04 Å². The summed E-state index contributed by atoms with van der Waals surface area (Å²) in [4.78, 5) is 0. The Labute approximate surface area is 118 Å². The molecule has 20 heavy (non-hydrogen) atoms. The number of anilines is 1. The zero-order chi connectivity index (χ0) is 14.1. The molecule has 1 aliphatic rings. The number of hydrogen-bond acceptors (Lipinski definition) is 4. The third kappa shape index (κ3) is 2.12. The van der Waals surface area contributed by atoms with E-state index in [0.29, 0.717) is 11.4 Å². The maximum Gasteiger partial charge on any atom is 0.167 e. The van der Waals surface area contributed by atoms with E-state index in [0.717, 1.165) is 24.1 Å². The normalized spacial score (nSPS) is 13.8. The van der Waals surface area contributed by atoms with Crippen LogP contribution in [0.15, 0.2) is 24.3 Å². The lowest BCUT2D eigenvalue weighted by Crippen LogP contribution is -2.21. The number of hydrogen-bond donors (Lipinski definition) is 1. The fraction of sp³-hybridized carbons (Fsp3) is 0.312. The molecule has 1 N–H and O–H groups in total. The second-order valence-electron chi connectivity index (χ2n) is 5.26. The summed E-state index contributed by atoms with van der Waals surface area (Å²) in [6.07, 6.45) is 1.94. The van der Waals surface area contributed by atoms with Crippen molar-refractivity contribution in [2.45, 2.75) is 32.7 Å². The molecule has 0 aliphatic heterocycles. The van der Waals surface area contributed by atoms with Crippen molar-refractivity contribution >= 4 is 5.82 Å². The molecule has 0 bridgehead atoms. The average Bonchev–Trinajstić information content (AvgIpc) is 2.85. The van der Waals surface area contributed by atoms with Crippen LogP contribution in [0.25, 0.3) is 0 Å². The Morgan fingerprint density at radius 2 is 1.80 bits per heavy atom. The molecule has 0 radical (unpaired) electrons. The average molecular weight is 264 g/mol. The highest BCUT2D eigenvalue weighted by atomic mass is 15.2. The molecule has 4 heteroatoms. The largest absolute Gasteiger partial charge is 0.364 e. The second-order valence-corrected chi connectivity index (χ2v) is 5.26. The molecule has 3 rings (SSSR count). The van der Waals surface area contributed by atoms with Crippen LogP contribution in [0, 0.1) is 25.2 Å². The highest BCUT2D eigenvalue weighted by Crippen LogP contribution is 2.25. The van der Waals surface area contributed by atoms with Crippen molar-refractivity contribution in [2.24, 2.45) is 0 Å². The maximum atomic E-state index is 9.31. The van der Waals surface area contributed by atoms with Crippen molar-refractivity contribution < 1.29 is 0 Å². The molecule has 1 heterocycles. The second kappa shape index (κ2) is 4.93. The SMILES string of the molecule is Cc1nnc(NC2Cc3ccccc3C2)c(C#N)c1C. The predicted octanol–water partition coefficient (Wildman–Crippen LogP) is 2.54. The van der Waals surface area contributed by atoms with Crippen LogP contribution in [0.5, 0.6) is 0 Å². The van der Waals surface area contributed by atoms with Gasteiger partial charge in [0.25, 0.3) is 0 Å². The highest BCUT2D eigenvalue weighted by Gasteiger charge is 2.22. The van der Waals surface area contributed by atoms with Crippen molar-refractivity contribution in [1.82, 2.24) is 10.2 Å². The molecule has 0 amide bonds. The predicted molar refractivity (Wildman–Crippen MR) is 77.5 cm³/mol. The molecule has 0 saturated carbocycles. The number of rotatable bonds is 2. The summed E-state index contributed by atoms with van der Waals surface area (Å²) in [5, 5.41) is 21.0. The fourth-order valence-corrected chi connectivity index (χ4v) is 2.70. The smallest absolute Gasteiger partial charge is 0.167 e. The first-order valence-electron chi connectivity index (χ1n) is 6.76. The molecular formula is C16H16N4. The van der Waals surface area contributed by atoms with Crippen molar-refractivity contribution in [1.29, 1.82) is 5.26 Å². The molecular weight excluding hydrogens is 248 g/mol. The third-order valence-corrected chi connectivity index (χ3v) is 3.96. The van der Waals surface area contributed by atoms with Crippen LogP contribution in [-0.2, 0) is 12.8 Å². The van der Waals surface area contributed by atoms with Gasteiger partial charge in [-0.1, -0.05) is 24.3 Å². The van der Waals surface area contributed by atoms with Gasteiger partial charge in [0.2, 0.25) is 0 Å². The standard InChI is InChI=1S/C16H16N4/c1-10-11(2)19-20-16(15(10)9-17)18-14-7-12-5-3-4-6-13(12)8-14/h3-6,14H,7-8H2,1-2H3,(H,18,20). The van der Waals surface area contributed by atoms with E-state index < -0.39 is 0 Å². The summed E-state index contributed by atoms with van der Waals surface area (Å²) >= 11 is 0. The Morgan fingerprint density at radius 3 is 2.40 bits per heavy atom. The Bertz CT molecular complexity index is 675. The molecule has 1 aliphatic carbocycles. The van der Waals surface area contributed by atoms with Gasteiger partial charge in [-0.15, -0.1) is 5.10 Å². The van der Waals surface area contributed by atoms with E-state index in [1.807, 2.05) is 13.8 Å². The van der Waals surface area contributed by atoms with E-state index in [2.05, 4.69) is 45.8 Å². The number of fused-ring (bicyclic) bond motifs is 1. The first-order chi connectivity index (χ1) is 9.69. The Hall–Kier alpha value is -2.41. The lowest BCUT2D eigenvalue weighted by molar-refractivity contribution is 0.760. The molecule has 1 aromatic carbocycles. The number of aryl methyl sites for hydroxylation is 1. The molecule has 0 spiro atoms. The van der Waals surface area contributed by atoms with Crippen LogP contribution in [0.3, 0.4) is 0 Å². The minimum absolute atomic E-state index is 0.288. The van der Waals surface area contributed by atoms with E-state index in [1.54, 1.807) is 0 Å². The first kappa shape index (κ1) is 12.6. The number of nitrogens with one attached hydrogen (secondary N) is 1. The molecule has 0 saturated heterocycles. The number of nitriles is 1. The van der Waals surface area contributed by atoms with E-state index in [1.165, 1.54) is 11.1 Å². The van der Waals surface area contributed by atoms with Gasteiger partial charge in [-0.05, 0) is 43.4 Å². The van der Waals surface area contributed by atoms with Crippen molar-refractivity contribution in [3.05, 3.63) is 52.2 Å². The molecule has 0 atom stereocenters. The molecule has 0 unspecified atom stereocenters. The summed E-state index contributed by atoms with van der Waals surface area (Å²) < 4.78 is 0. The zero-order valence-corrected chi connectivity index (χ0v) is 11.6. The summed E-state index contributed by atoms with van der Waals surface area (Å²) in [5.74, 6) is 0.605. The topological polar surface area (TPSA) is 61.6 Å². The van der Waals surface area contributed by atoms with Crippen molar-refractivity contribution in [2.75, 3.05) is 5.32 Å². The van der Waals surface area contributed by atoms with E-state index in [4.69, 9.17) is 0 Å². The lowest BCUT2D eigenvalue weighted by atomic mass is 10.1. The molecule has 2 aromatic rings. The minimum atomic E-state index is 0.288. The Kier molecular flexibility index (Phi) is 3.11. The maximum absolute atomic E-state index is 9.31. The van der Waals surface area contributed by atoms with Crippen LogP contribution in [0.4, 0.5) is 5.82 Å². The highest BCUT2D eigenvalue weighted by molar-refractivity contribution is 5.57. The molecule has 4 nitrogen and oxygen atoms in total. The van der Waals surface area contributed by atoms with Gasteiger partial charge >= 0.3 is 0 Å². The van der Waals surface area contributed by atoms with Crippen molar-refractivity contribution in [3.63, 3.8) is 0 Å². The van der Waals surface area contributed by atoms with E-state index in [-0.39, 0.29) is 6.04 Å². The summed E-state index contributed by atoms with van der Waals surface area (Å²) in [7, 11) is 0. The fourth-order valence-electron chi connectivity index (χ4n) is 2.70. The number of aromatic nitrogens is 2. The van der Waals surface area contributed by atoms with E-state index in [9.17, 15) is 5.26 Å². The number of nitrogens with zero attached hydrogens (tertiary/aromatic N) is 3. The summed E-state index contributed by atoms with van der Waals surface area (Å²) in [6.45, 7) is 3.79. The van der Waals surface area contributed by atoms with Crippen LogP contribution in [-0.4, -0.2) is 16.2 Å². The quantitative estimate of drug-likeness (QED) is 0.905. The Balaban J connectivity index is 1.84. The van der Waals surface area contributed by atoms with Gasteiger partial charge in [-0.3, -0.25) is 0 Å².